The Bertz CT molecular complexity index is 512. The van der Waals surface area contributed by atoms with Crippen LogP contribution in [0.3, 0.4) is 0 Å². The van der Waals surface area contributed by atoms with Gasteiger partial charge in [0.05, 0.1) is 26.4 Å². The number of amides is 4. The number of carbonyl (C=O) groups is 4. The molecule has 10 heteroatoms. The molecule has 0 radical (unpaired) electrons. The highest BCUT2D eigenvalue weighted by Crippen LogP contribution is 2.08. The number of carbonyl (C=O) groups excluding carboxylic acids is 4. The van der Waals surface area contributed by atoms with Gasteiger partial charge >= 0.3 is 0 Å². The summed E-state index contributed by atoms with van der Waals surface area (Å²) < 4.78 is 10.1. The number of nitrogens with zero attached hydrogens (tertiary/aromatic N) is 2. The van der Waals surface area contributed by atoms with E-state index in [2.05, 4.69) is 0 Å². The van der Waals surface area contributed by atoms with Crippen LogP contribution >= 0.6 is 0 Å². The lowest BCUT2D eigenvalue weighted by Gasteiger charge is -2.22. The van der Waals surface area contributed by atoms with Gasteiger partial charge in [0.15, 0.2) is 12.5 Å². The summed E-state index contributed by atoms with van der Waals surface area (Å²) in [5.74, 6) is -2.49. The van der Waals surface area contributed by atoms with Gasteiger partial charge in [0.2, 0.25) is 0 Å². The Morgan fingerprint density at radius 3 is 1.29 bits per heavy atom. The predicted molar refractivity (Wildman–Crippen MR) is 75.6 cm³/mol. The quantitative estimate of drug-likeness (QED) is 0.348. The standard InChI is InChI=1S/C14H16N2O8/c17-9-1-2-10(18)15(9)13(21)7-23-5-6-24-8-14(22)16-11(19)3-4-12(16)20/h1-4,13-14,21-22H,5-8H2/t13-,14-/m0/s1. The molecule has 0 aliphatic carbocycles. The Morgan fingerprint density at radius 2 is 1.00 bits per heavy atom. The maximum atomic E-state index is 11.3. The first-order chi connectivity index (χ1) is 11.4. The van der Waals surface area contributed by atoms with Crippen LogP contribution in [-0.2, 0) is 28.7 Å². The number of imide groups is 2. The Hall–Kier alpha value is -2.40. The monoisotopic (exact) mass is 340 g/mol. The summed E-state index contributed by atoms with van der Waals surface area (Å²) in [6.07, 6.45) is 1.38. The highest BCUT2D eigenvalue weighted by Gasteiger charge is 2.30. The molecule has 0 spiro atoms. The van der Waals surface area contributed by atoms with E-state index in [1.807, 2.05) is 0 Å². The third kappa shape index (κ3) is 4.11. The lowest BCUT2D eigenvalue weighted by atomic mass is 10.4. The fraction of sp³-hybridized carbons (Fsp3) is 0.429. The van der Waals surface area contributed by atoms with Crippen LogP contribution in [0.4, 0.5) is 0 Å². The van der Waals surface area contributed by atoms with Crippen molar-refractivity contribution in [2.45, 2.75) is 12.5 Å². The third-order valence-corrected chi connectivity index (χ3v) is 3.19. The largest absolute Gasteiger partial charge is 0.374 e. The van der Waals surface area contributed by atoms with Crippen molar-refractivity contribution in [1.82, 2.24) is 9.80 Å². The van der Waals surface area contributed by atoms with Crippen molar-refractivity contribution in [3.05, 3.63) is 24.3 Å². The van der Waals surface area contributed by atoms with Crippen molar-refractivity contribution in [3.8, 4) is 0 Å². The second kappa shape index (κ2) is 7.93. The average molecular weight is 340 g/mol. The zero-order valence-electron chi connectivity index (χ0n) is 12.5. The second-order valence-electron chi connectivity index (χ2n) is 4.87. The van der Waals surface area contributed by atoms with Crippen LogP contribution < -0.4 is 0 Å². The van der Waals surface area contributed by atoms with Crippen molar-refractivity contribution >= 4 is 23.6 Å². The minimum absolute atomic E-state index is 0.00751. The van der Waals surface area contributed by atoms with E-state index >= 15 is 0 Å². The van der Waals surface area contributed by atoms with E-state index in [4.69, 9.17) is 9.47 Å². The topological polar surface area (TPSA) is 134 Å². The summed E-state index contributed by atoms with van der Waals surface area (Å²) in [6, 6.07) is 0. The van der Waals surface area contributed by atoms with Crippen LogP contribution in [0.2, 0.25) is 0 Å². The average Bonchev–Trinajstić information content (AvgIpc) is 3.04. The van der Waals surface area contributed by atoms with Gasteiger partial charge in [0.1, 0.15) is 0 Å². The van der Waals surface area contributed by atoms with E-state index < -0.39 is 36.1 Å². The van der Waals surface area contributed by atoms with E-state index in [0.29, 0.717) is 9.80 Å². The fourth-order valence-corrected chi connectivity index (χ4v) is 2.06. The van der Waals surface area contributed by atoms with Crippen LogP contribution in [-0.4, -0.2) is 82.5 Å². The smallest absolute Gasteiger partial charge is 0.255 e. The Kier molecular flexibility index (Phi) is 5.93. The summed E-state index contributed by atoms with van der Waals surface area (Å²) in [7, 11) is 0. The number of aliphatic hydroxyl groups excluding tert-OH is 2. The van der Waals surface area contributed by atoms with Crippen LogP contribution in [0, 0.1) is 0 Å². The SMILES string of the molecule is O=C1C=CC(=O)N1[C@@H](O)COCCOC[C@H](O)N1C(=O)C=CC1=O. The van der Waals surface area contributed by atoms with Gasteiger partial charge in [0, 0.05) is 24.3 Å². The van der Waals surface area contributed by atoms with E-state index in [1.54, 1.807) is 0 Å². The minimum Gasteiger partial charge on any atom is -0.374 e. The maximum absolute atomic E-state index is 11.3. The Morgan fingerprint density at radius 1 is 0.708 bits per heavy atom. The van der Waals surface area contributed by atoms with Crippen molar-refractivity contribution in [2.75, 3.05) is 26.4 Å². The molecule has 0 aromatic rings. The van der Waals surface area contributed by atoms with E-state index in [0.717, 1.165) is 24.3 Å². The summed E-state index contributed by atoms with van der Waals surface area (Å²) in [6.45, 7) is -0.572. The molecule has 2 aliphatic heterocycles. The van der Waals surface area contributed by atoms with Gasteiger partial charge in [-0.3, -0.25) is 19.2 Å². The van der Waals surface area contributed by atoms with Gasteiger partial charge in [-0.2, -0.15) is 0 Å². The number of ether oxygens (including phenoxy) is 2. The molecular formula is C14H16N2O8. The molecule has 2 heterocycles. The molecule has 0 saturated heterocycles. The molecule has 2 atom stereocenters. The molecule has 2 aliphatic rings. The van der Waals surface area contributed by atoms with Crippen LogP contribution in [0.25, 0.3) is 0 Å². The van der Waals surface area contributed by atoms with Crippen LogP contribution in [0.15, 0.2) is 24.3 Å². The Balaban J connectivity index is 1.59. The number of rotatable bonds is 9. The van der Waals surface area contributed by atoms with Crippen LogP contribution in [0.5, 0.6) is 0 Å². The van der Waals surface area contributed by atoms with Crippen LogP contribution in [0.1, 0.15) is 0 Å². The summed E-state index contributed by atoms with van der Waals surface area (Å²) >= 11 is 0. The number of aliphatic hydroxyl groups is 2. The van der Waals surface area contributed by atoms with Gasteiger partial charge < -0.3 is 19.7 Å². The van der Waals surface area contributed by atoms with Gasteiger partial charge in [-0.15, -0.1) is 0 Å². The first kappa shape index (κ1) is 17.9. The summed E-state index contributed by atoms with van der Waals surface area (Å²) in [4.78, 5) is 46.5. The molecule has 0 unspecified atom stereocenters. The maximum Gasteiger partial charge on any atom is 0.255 e. The molecule has 10 nitrogen and oxygen atoms in total. The number of hydrogen-bond acceptors (Lipinski definition) is 8. The molecular weight excluding hydrogens is 324 g/mol. The molecule has 0 fully saturated rings. The normalized spacial score (nSPS) is 19.8. The van der Waals surface area contributed by atoms with Crippen molar-refractivity contribution in [2.24, 2.45) is 0 Å². The van der Waals surface area contributed by atoms with Crippen molar-refractivity contribution in [1.29, 1.82) is 0 Å². The summed E-state index contributed by atoms with van der Waals surface area (Å²) in [5.41, 5.74) is 0. The van der Waals surface area contributed by atoms with E-state index in [1.165, 1.54) is 0 Å². The number of hydrogen-bond donors (Lipinski definition) is 2. The lowest BCUT2D eigenvalue weighted by molar-refractivity contribution is -0.156. The molecule has 0 aromatic heterocycles. The zero-order chi connectivity index (χ0) is 17.7. The molecule has 4 amide bonds. The first-order valence-corrected chi connectivity index (χ1v) is 7.04. The van der Waals surface area contributed by atoms with Crippen molar-refractivity contribution < 1.29 is 38.9 Å². The fourth-order valence-electron chi connectivity index (χ4n) is 2.06. The first-order valence-electron chi connectivity index (χ1n) is 7.04. The molecule has 0 aromatic carbocycles. The van der Waals surface area contributed by atoms with Gasteiger partial charge in [-0.1, -0.05) is 0 Å². The minimum atomic E-state index is -1.41. The highest BCUT2D eigenvalue weighted by molar-refractivity contribution is 6.13. The summed E-state index contributed by atoms with van der Waals surface area (Å²) in [5, 5.41) is 19.4. The third-order valence-electron chi connectivity index (χ3n) is 3.19. The van der Waals surface area contributed by atoms with Gasteiger partial charge in [0.25, 0.3) is 23.6 Å². The highest BCUT2D eigenvalue weighted by atomic mass is 16.5. The molecule has 2 N–H and O–H groups in total. The molecule has 24 heavy (non-hydrogen) atoms. The second-order valence-corrected chi connectivity index (χ2v) is 4.87. The van der Waals surface area contributed by atoms with E-state index in [9.17, 15) is 29.4 Å². The molecule has 2 rings (SSSR count). The van der Waals surface area contributed by atoms with Crippen molar-refractivity contribution in [3.63, 3.8) is 0 Å². The Labute approximate surface area is 136 Å². The molecule has 130 valence electrons. The molecule has 0 saturated carbocycles. The molecule has 0 bridgehead atoms. The van der Waals surface area contributed by atoms with E-state index in [-0.39, 0.29) is 26.4 Å². The van der Waals surface area contributed by atoms with Gasteiger partial charge in [-0.25, -0.2) is 9.80 Å². The lowest BCUT2D eigenvalue weighted by Crippen LogP contribution is -2.43. The zero-order valence-corrected chi connectivity index (χ0v) is 12.5. The van der Waals surface area contributed by atoms with Gasteiger partial charge in [-0.05, 0) is 0 Å². The predicted octanol–water partition coefficient (Wildman–Crippen LogP) is -2.49.